The predicted octanol–water partition coefficient (Wildman–Crippen LogP) is 4.22. The van der Waals surface area contributed by atoms with E-state index in [9.17, 15) is 4.79 Å². The monoisotopic (exact) mass is 365 g/mol. The van der Waals surface area contributed by atoms with Crippen molar-refractivity contribution in [1.82, 2.24) is 10.3 Å². The molecule has 6 heteroatoms. The summed E-state index contributed by atoms with van der Waals surface area (Å²) in [5.41, 5.74) is 1.44. The molecule has 2 amide bonds. The Morgan fingerprint density at radius 3 is 2.67 bits per heavy atom. The molecule has 0 aliphatic carbocycles. The van der Waals surface area contributed by atoms with Crippen molar-refractivity contribution in [3.8, 4) is 11.5 Å². The molecule has 0 fully saturated rings. The minimum atomic E-state index is -0.311. The van der Waals surface area contributed by atoms with Crippen molar-refractivity contribution in [2.75, 3.05) is 18.5 Å². The third-order valence-electron chi connectivity index (χ3n) is 3.74. The van der Waals surface area contributed by atoms with Gasteiger partial charge in [0.2, 0.25) is 0 Å². The summed E-state index contributed by atoms with van der Waals surface area (Å²) < 4.78 is 11.5. The fourth-order valence-corrected chi connectivity index (χ4v) is 2.61. The highest BCUT2D eigenvalue weighted by atomic mass is 16.5. The van der Waals surface area contributed by atoms with Crippen LogP contribution in [0.3, 0.4) is 0 Å². The Hall–Kier alpha value is -3.28. The molecule has 0 saturated heterocycles. The van der Waals surface area contributed by atoms with E-state index in [0.29, 0.717) is 30.3 Å². The standard InChI is InChI=1S/C21H23N3O3/c1-15(2)27-18-10-4-3-9-17(18)24-21(25)23-13-14-26-19-11-5-7-16-8-6-12-22-20(16)19/h3-12,15H,13-14H2,1-2H3,(H2,23,24,25). The molecule has 0 saturated carbocycles. The molecule has 6 nitrogen and oxygen atoms in total. The number of anilines is 1. The molecule has 0 atom stereocenters. The minimum absolute atomic E-state index is 0.0266. The lowest BCUT2D eigenvalue weighted by Crippen LogP contribution is -2.32. The number of aromatic nitrogens is 1. The first-order valence-electron chi connectivity index (χ1n) is 8.90. The zero-order valence-corrected chi connectivity index (χ0v) is 15.4. The quantitative estimate of drug-likeness (QED) is 0.615. The first kappa shape index (κ1) is 18.5. The fourth-order valence-electron chi connectivity index (χ4n) is 2.61. The molecule has 3 rings (SSSR count). The average Bonchev–Trinajstić information content (AvgIpc) is 2.66. The first-order chi connectivity index (χ1) is 13.1. The van der Waals surface area contributed by atoms with Gasteiger partial charge in [-0.3, -0.25) is 4.98 Å². The maximum atomic E-state index is 12.1. The van der Waals surface area contributed by atoms with Gasteiger partial charge in [-0.05, 0) is 38.1 Å². The summed E-state index contributed by atoms with van der Waals surface area (Å²) in [6.07, 6.45) is 1.76. The Morgan fingerprint density at radius 1 is 1.04 bits per heavy atom. The van der Waals surface area contributed by atoms with Gasteiger partial charge in [-0.25, -0.2) is 4.79 Å². The van der Waals surface area contributed by atoms with Crippen LogP contribution in [0.2, 0.25) is 0 Å². The van der Waals surface area contributed by atoms with Crippen LogP contribution in [0.5, 0.6) is 11.5 Å². The largest absolute Gasteiger partial charge is 0.489 e. The predicted molar refractivity (Wildman–Crippen MR) is 106 cm³/mol. The molecular weight excluding hydrogens is 342 g/mol. The van der Waals surface area contributed by atoms with Gasteiger partial charge in [0.1, 0.15) is 23.6 Å². The van der Waals surface area contributed by atoms with E-state index in [2.05, 4.69) is 15.6 Å². The highest BCUT2D eigenvalue weighted by molar-refractivity contribution is 5.90. The summed E-state index contributed by atoms with van der Waals surface area (Å²) in [6.45, 7) is 4.59. The average molecular weight is 365 g/mol. The maximum absolute atomic E-state index is 12.1. The van der Waals surface area contributed by atoms with Crippen LogP contribution >= 0.6 is 0 Å². The number of hydrogen-bond acceptors (Lipinski definition) is 4. The molecule has 27 heavy (non-hydrogen) atoms. The van der Waals surface area contributed by atoms with Gasteiger partial charge in [0.05, 0.1) is 18.3 Å². The Morgan fingerprint density at radius 2 is 1.81 bits per heavy atom. The van der Waals surface area contributed by atoms with E-state index < -0.39 is 0 Å². The van der Waals surface area contributed by atoms with Crippen LogP contribution in [0.1, 0.15) is 13.8 Å². The zero-order valence-electron chi connectivity index (χ0n) is 15.4. The Bertz CT molecular complexity index is 907. The Kier molecular flexibility index (Phi) is 6.10. The van der Waals surface area contributed by atoms with Crippen molar-refractivity contribution in [2.45, 2.75) is 20.0 Å². The van der Waals surface area contributed by atoms with Crippen LogP contribution in [-0.4, -0.2) is 30.3 Å². The van der Waals surface area contributed by atoms with Gasteiger partial charge in [-0.15, -0.1) is 0 Å². The molecule has 2 aromatic carbocycles. The molecule has 0 unspecified atom stereocenters. The third kappa shape index (κ3) is 5.10. The highest BCUT2D eigenvalue weighted by Gasteiger charge is 2.08. The van der Waals surface area contributed by atoms with Crippen molar-refractivity contribution >= 4 is 22.6 Å². The van der Waals surface area contributed by atoms with E-state index in [4.69, 9.17) is 9.47 Å². The van der Waals surface area contributed by atoms with E-state index in [0.717, 1.165) is 10.9 Å². The number of hydrogen-bond donors (Lipinski definition) is 2. The summed E-state index contributed by atoms with van der Waals surface area (Å²) in [5, 5.41) is 6.60. The summed E-state index contributed by atoms with van der Waals surface area (Å²) in [6, 6.07) is 16.7. The molecule has 0 aliphatic heterocycles. The molecule has 0 bridgehead atoms. The van der Waals surface area contributed by atoms with E-state index in [1.807, 2.05) is 62.4 Å². The van der Waals surface area contributed by atoms with Gasteiger partial charge in [0, 0.05) is 11.6 Å². The van der Waals surface area contributed by atoms with Gasteiger partial charge in [-0.1, -0.05) is 30.3 Å². The van der Waals surface area contributed by atoms with Crippen LogP contribution in [-0.2, 0) is 0 Å². The number of para-hydroxylation sites is 3. The number of fused-ring (bicyclic) bond motifs is 1. The second-order valence-electron chi connectivity index (χ2n) is 6.22. The molecule has 1 aromatic heterocycles. The smallest absolute Gasteiger partial charge is 0.319 e. The SMILES string of the molecule is CC(C)Oc1ccccc1NC(=O)NCCOc1cccc2cccnc12. The van der Waals surface area contributed by atoms with Gasteiger partial charge in [0.25, 0.3) is 0 Å². The number of benzene rings is 2. The normalized spacial score (nSPS) is 10.6. The third-order valence-corrected chi connectivity index (χ3v) is 3.74. The molecule has 2 N–H and O–H groups in total. The molecule has 3 aromatic rings. The van der Waals surface area contributed by atoms with Crippen LogP contribution in [0.4, 0.5) is 10.5 Å². The fraction of sp³-hybridized carbons (Fsp3) is 0.238. The number of urea groups is 1. The van der Waals surface area contributed by atoms with E-state index in [-0.39, 0.29) is 12.1 Å². The van der Waals surface area contributed by atoms with Gasteiger partial charge >= 0.3 is 6.03 Å². The van der Waals surface area contributed by atoms with E-state index in [1.54, 1.807) is 12.3 Å². The number of nitrogens with zero attached hydrogens (tertiary/aromatic N) is 1. The zero-order chi connectivity index (χ0) is 19.1. The number of rotatable bonds is 7. The number of carbonyl (C=O) groups is 1. The summed E-state index contributed by atoms with van der Waals surface area (Å²) in [4.78, 5) is 16.5. The summed E-state index contributed by atoms with van der Waals surface area (Å²) in [7, 11) is 0. The Labute approximate surface area is 158 Å². The number of carbonyl (C=O) groups excluding carboxylic acids is 1. The lowest BCUT2D eigenvalue weighted by atomic mass is 10.2. The van der Waals surface area contributed by atoms with Crippen molar-refractivity contribution in [3.05, 3.63) is 60.8 Å². The van der Waals surface area contributed by atoms with Crippen molar-refractivity contribution < 1.29 is 14.3 Å². The second-order valence-corrected chi connectivity index (χ2v) is 6.22. The second kappa shape index (κ2) is 8.89. The number of amides is 2. The van der Waals surface area contributed by atoms with Crippen molar-refractivity contribution in [3.63, 3.8) is 0 Å². The molecule has 0 aliphatic rings. The van der Waals surface area contributed by atoms with Gasteiger partial charge in [-0.2, -0.15) is 0 Å². The lowest BCUT2D eigenvalue weighted by Gasteiger charge is -2.15. The van der Waals surface area contributed by atoms with Crippen LogP contribution in [0.25, 0.3) is 10.9 Å². The molecule has 1 heterocycles. The van der Waals surface area contributed by atoms with Crippen LogP contribution in [0.15, 0.2) is 60.8 Å². The highest BCUT2D eigenvalue weighted by Crippen LogP contribution is 2.25. The van der Waals surface area contributed by atoms with Crippen LogP contribution in [0, 0.1) is 0 Å². The van der Waals surface area contributed by atoms with Crippen LogP contribution < -0.4 is 20.1 Å². The van der Waals surface area contributed by atoms with Gasteiger partial charge < -0.3 is 20.1 Å². The summed E-state index contributed by atoms with van der Waals surface area (Å²) >= 11 is 0. The van der Waals surface area contributed by atoms with E-state index >= 15 is 0 Å². The maximum Gasteiger partial charge on any atom is 0.319 e. The molecule has 0 radical (unpaired) electrons. The Balaban J connectivity index is 1.50. The molecule has 0 spiro atoms. The number of pyridine rings is 1. The lowest BCUT2D eigenvalue weighted by molar-refractivity contribution is 0.240. The number of ether oxygens (including phenoxy) is 2. The summed E-state index contributed by atoms with van der Waals surface area (Å²) in [5.74, 6) is 1.34. The molecular formula is C21H23N3O3. The minimum Gasteiger partial charge on any atom is -0.489 e. The van der Waals surface area contributed by atoms with E-state index in [1.165, 1.54) is 0 Å². The number of nitrogens with one attached hydrogen (secondary N) is 2. The van der Waals surface area contributed by atoms with Crippen molar-refractivity contribution in [2.24, 2.45) is 0 Å². The van der Waals surface area contributed by atoms with Gasteiger partial charge in [0.15, 0.2) is 0 Å². The molecule has 140 valence electrons. The van der Waals surface area contributed by atoms with Crippen molar-refractivity contribution in [1.29, 1.82) is 0 Å². The first-order valence-corrected chi connectivity index (χ1v) is 8.90. The topological polar surface area (TPSA) is 72.5 Å².